The van der Waals surface area contributed by atoms with Crippen LogP contribution in [0.1, 0.15) is 26.3 Å². The smallest absolute Gasteiger partial charge is 0.242 e. The molecule has 0 aromatic heterocycles. The molecule has 148 valence electrons. The van der Waals surface area contributed by atoms with Gasteiger partial charge < -0.3 is 15.5 Å². The normalized spacial score (nSPS) is 15.3. The first-order chi connectivity index (χ1) is 12.8. The van der Waals surface area contributed by atoms with E-state index in [9.17, 15) is 14.4 Å². The molecule has 0 saturated carbocycles. The van der Waals surface area contributed by atoms with Crippen molar-refractivity contribution >= 4 is 17.7 Å². The summed E-state index contributed by atoms with van der Waals surface area (Å²) in [6, 6.07) is 9.79. The highest BCUT2D eigenvalue weighted by Gasteiger charge is 2.25. The molecule has 0 radical (unpaired) electrons. The molecule has 7 nitrogen and oxygen atoms in total. The molecule has 1 aromatic rings. The van der Waals surface area contributed by atoms with E-state index in [1.54, 1.807) is 4.90 Å². The highest BCUT2D eigenvalue weighted by Crippen LogP contribution is 2.12. The maximum absolute atomic E-state index is 12.2. The Morgan fingerprint density at radius 3 is 2.19 bits per heavy atom. The molecule has 7 heteroatoms. The van der Waals surface area contributed by atoms with E-state index in [0.29, 0.717) is 39.3 Å². The summed E-state index contributed by atoms with van der Waals surface area (Å²) in [5.74, 6) is -0.235. The van der Waals surface area contributed by atoms with Crippen LogP contribution in [-0.4, -0.2) is 66.8 Å². The molecule has 1 aliphatic heterocycles. The zero-order valence-electron chi connectivity index (χ0n) is 16.5. The quantitative estimate of drug-likeness (QED) is 0.764. The van der Waals surface area contributed by atoms with Gasteiger partial charge >= 0.3 is 0 Å². The second kappa shape index (κ2) is 9.50. The predicted octanol–water partition coefficient (Wildman–Crippen LogP) is 0.609. The lowest BCUT2D eigenvalue weighted by Crippen LogP contribution is -2.53. The molecule has 1 heterocycles. The first-order valence-corrected chi connectivity index (χ1v) is 9.35. The van der Waals surface area contributed by atoms with Crippen molar-refractivity contribution in [2.75, 3.05) is 39.3 Å². The minimum atomic E-state index is -0.508. The second-order valence-electron chi connectivity index (χ2n) is 7.85. The number of hydrogen-bond donors (Lipinski definition) is 2. The molecule has 0 unspecified atom stereocenters. The van der Waals surface area contributed by atoms with Crippen molar-refractivity contribution in [2.24, 2.45) is 5.41 Å². The van der Waals surface area contributed by atoms with E-state index in [1.165, 1.54) is 0 Å². The number of nitrogens with zero attached hydrogens (tertiary/aromatic N) is 2. The molecular weight excluding hydrogens is 344 g/mol. The van der Waals surface area contributed by atoms with Crippen LogP contribution in [0.2, 0.25) is 0 Å². The van der Waals surface area contributed by atoms with Gasteiger partial charge in [0.1, 0.15) is 0 Å². The van der Waals surface area contributed by atoms with Crippen molar-refractivity contribution < 1.29 is 14.4 Å². The molecule has 2 rings (SSSR count). The minimum Gasteiger partial charge on any atom is -0.351 e. The van der Waals surface area contributed by atoms with Gasteiger partial charge in [0.05, 0.1) is 13.1 Å². The molecule has 0 bridgehead atoms. The first-order valence-electron chi connectivity index (χ1n) is 9.35. The Morgan fingerprint density at radius 2 is 1.59 bits per heavy atom. The molecule has 2 N–H and O–H groups in total. The highest BCUT2D eigenvalue weighted by atomic mass is 16.2. The zero-order chi connectivity index (χ0) is 19.9. The van der Waals surface area contributed by atoms with Gasteiger partial charge in [-0.05, 0) is 5.56 Å². The summed E-state index contributed by atoms with van der Waals surface area (Å²) in [6.45, 7) is 8.74. The third-order valence-electron chi connectivity index (χ3n) is 4.51. The number of nitrogens with one attached hydrogen (secondary N) is 2. The van der Waals surface area contributed by atoms with Gasteiger partial charge in [-0.1, -0.05) is 51.1 Å². The lowest BCUT2D eigenvalue weighted by Gasteiger charge is -2.34. The standard InChI is InChI=1S/C20H30N4O3/c1-20(2,3)19(27)22-14-18(26)24-11-9-23(10-12-24)15-17(25)21-13-16-7-5-4-6-8-16/h4-8H,9-15H2,1-3H3,(H,21,25)(H,22,27). The van der Waals surface area contributed by atoms with Crippen LogP contribution in [-0.2, 0) is 20.9 Å². The van der Waals surface area contributed by atoms with Gasteiger partial charge in [-0.15, -0.1) is 0 Å². The Hall–Kier alpha value is -2.41. The number of hydrogen-bond acceptors (Lipinski definition) is 4. The van der Waals surface area contributed by atoms with Crippen LogP contribution in [0.3, 0.4) is 0 Å². The minimum absolute atomic E-state index is 0.0175. The van der Waals surface area contributed by atoms with Crippen LogP contribution >= 0.6 is 0 Å². The molecule has 27 heavy (non-hydrogen) atoms. The van der Waals surface area contributed by atoms with Gasteiger partial charge in [-0.3, -0.25) is 19.3 Å². The highest BCUT2D eigenvalue weighted by molar-refractivity contribution is 5.87. The summed E-state index contributed by atoms with van der Waals surface area (Å²) >= 11 is 0. The summed E-state index contributed by atoms with van der Waals surface area (Å²) in [7, 11) is 0. The fraction of sp³-hybridized carbons (Fsp3) is 0.550. The molecule has 1 fully saturated rings. The van der Waals surface area contributed by atoms with Gasteiger partial charge in [0.15, 0.2) is 0 Å². The van der Waals surface area contributed by atoms with E-state index in [-0.39, 0.29) is 24.3 Å². The summed E-state index contributed by atoms with van der Waals surface area (Å²) in [4.78, 5) is 40.0. The maximum Gasteiger partial charge on any atom is 0.242 e. The lowest BCUT2D eigenvalue weighted by atomic mass is 9.96. The van der Waals surface area contributed by atoms with Crippen molar-refractivity contribution in [3.63, 3.8) is 0 Å². The number of benzene rings is 1. The van der Waals surface area contributed by atoms with Crippen molar-refractivity contribution in [2.45, 2.75) is 27.3 Å². The molecule has 1 aliphatic rings. The fourth-order valence-corrected chi connectivity index (χ4v) is 2.74. The Bertz CT molecular complexity index is 647. The van der Waals surface area contributed by atoms with E-state index >= 15 is 0 Å². The fourth-order valence-electron chi connectivity index (χ4n) is 2.74. The zero-order valence-corrected chi connectivity index (χ0v) is 16.5. The van der Waals surface area contributed by atoms with Crippen LogP contribution < -0.4 is 10.6 Å². The molecular formula is C20H30N4O3. The first kappa shape index (κ1) is 20.9. The molecule has 0 spiro atoms. The van der Waals surface area contributed by atoms with Crippen LogP contribution in [0, 0.1) is 5.41 Å². The van der Waals surface area contributed by atoms with Crippen LogP contribution in [0.5, 0.6) is 0 Å². The number of amides is 3. The summed E-state index contributed by atoms with van der Waals surface area (Å²) in [6.07, 6.45) is 0. The number of piperazine rings is 1. The predicted molar refractivity (Wildman–Crippen MR) is 104 cm³/mol. The summed E-state index contributed by atoms with van der Waals surface area (Å²) in [5, 5.41) is 5.61. The van der Waals surface area contributed by atoms with Gasteiger partial charge in [-0.25, -0.2) is 0 Å². The third-order valence-corrected chi connectivity index (χ3v) is 4.51. The van der Waals surface area contributed by atoms with Gasteiger partial charge in [0, 0.05) is 38.1 Å². The van der Waals surface area contributed by atoms with Crippen LogP contribution in [0.15, 0.2) is 30.3 Å². The Balaban J connectivity index is 1.66. The average molecular weight is 374 g/mol. The van der Waals surface area contributed by atoms with Gasteiger partial charge in [-0.2, -0.15) is 0 Å². The van der Waals surface area contributed by atoms with Crippen molar-refractivity contribution in [3.05, 3.63) is 35.9 Å². The second-order valence-corrected chi connectivity index (χ2v) is 7.85. The number of carbonyl (C=O) groups excluding carboxylic acids is 3. The Kier molecular flexibility index (Phi) is 7.36. The van der Waals surface area contributed by atoms with Crippen molar-refractivity contribution in [3.8, 4) is 0 Å². The topological polar surface area (TPSA) is 81.8 Å². The third kappa shape index (κ3) is 7.02. The largest absolute Gasteiger partial charge is 0.351 e. The van der Waals surface area contributed by atoms with E-state index in [2.05, 4.69) is 10.6 Å². The van der Waals surface area contributed by atoms with Crippen molar-refractivity contribution in [1.29, 1.82) is 0 Å². The van der Waals surface area contributed by atoms with E-state index in [0.717, 1.165) is 5.56 Å². The molecule has 0 aliphatic carbocycles. The maximum atomic E-state index is 12.2. The number of rotatable bonds is 6. The van der Waals surface area contributed by atoms with Gasteiger partial charge in [0.2, 0.25) is 17.7 Å². The van der Waals surface area contributed by atoms with E-state index < -0.39 is 5.41 Å². The van der Waals surface area contributed by atoms with Crippen molar-refractivity contribution in [1.82, 2.24) is 20.4 Å². The Morgan fingerprint density at radius 1 is 0.963 bits per heavy atom. The monoisotopic (exact) mass is 374 g/mol. The van der Waals surface area contributed by atoms with E-state index in [1.807, 2.05) is 56.0 Å². The SMILES string of the molecule is CC(C)(C)C(=O)NCC(=O)N1CCN(CC(=O)NCc2ccccc2)CC1. The van der Waals surface area contributed by atoms with Crippen LogP contribution in [0.25, 0.3) is 0 Å². The average Bonchev–Trinajstić information content (AvgIpc) is 2.65. The van der Waals surface area contributed by atoms with Crippen LogP contribution in [0.4, 0.5) is 0 Å². The number of carbonyl (C=O) groups is 3. The summed E-state index contributed by atoms with van der Waals surface area (Å²) in [5.41, 5.74) is 0.560. The molecule has 0 atom stereocenters. The van der Waals surface area contributed by atoms with E-state index in [4.69, 9.17) is 0 Å². The Labute approximate surface area is 161 Å². The van der Waals surface area contributed by atoms with Gasteiger partial charge in [0.25, 0.3) is 0 Å². The molecule has 3 amide bonds. The molecule has 1 aromatic carbocycles. The molecule has 1 saturated heterocycles. The lowest BCUT2D eigenvalue weighted by molar-refractivity contribution is -0.136. The summed E-state index contributed by atoms with van der Waals surface area (Å²) < 4.78 is 0.